The summed E-state index contributed by atoms with van der Waals surface area (Å²) in [6.45, 7) is 5.33. The van der Waals surface area contributed by atoms with Crippen molar-refractivity contribution in [1.82, 2.24) is 10.6 Å². The van der Waals surface area contributed by atoms with Gasteiger partial charge >= 0.3 is 0 Å². The third kappa shape index (κ3) is 5.02. The molecule has 2 atom stereocenters. The maximum Gasteiger partial charge on any atom is 0.237 e. The van der Waals surface area contributed by atoms with Crippen LogP contribution in [0.2, 0.25) is 0 Å². The van der Waals surface area contributed by atoms with Gasteiger partial charge in [0, 0.05) is 13.1 Å². The number of aliphatic hydroxyl groups is 1. The predicted molar refractivity (Wildman–Crippen MR) is 81.5 cm³/mol. The summed E-state index contributed by atoms with van der Waals surface area (Å²) in [6.07, 6.45) is 1.15. The van der Waals surface area contributed by atoms with E-state index in [9.17, 15) is 9.90 Å². The van der Waals surface area contributed by atoms with E-state index in [4.69, 9.17) is 4.74 Å². The van der Waals surface area contributed by atoms with Crippen molar-refractivity contribution >= 4 is 5.91 Å². The summed E-state index contributed by atoms with van der Waals surface area (Å²) < 4.78 is 5.61. The van der Waals surface area contributed by atoms with E-state index >= 15 is 0 Å². The van der Waals surface area contributed by atoms with Crippen LogP contribution in [-0.2, 0) is 4.79 Å². The smallest absolute Gasteiger partial charge is 0.237 e. The molecule has 1 aliphatic heterocycles. The van der Waals surface area contributed by atoms with Crippen molar-refractivity contribution in [2.75, 3.05) is 19.7 Å². The number of rotatable bonds is 6. The highest BCUT2D eigenvalue weighted by molar-refractivity contribution is 5.82. The van der Waals surface area contributed by atoms with Crippen LogP contribution in [0.25, 0.3) is 0 Å². The van der Waals surface area contributed by atoms with Gasteiger partial charge in [0.15, 0.2) is 0 Å². The molecule has 1 aromatic rings. The van der Waals surface area contributed by atoms with Gasteiger partial charge in [0.2, 0.25) is 5.91 Å². The Hall–Kier alpha value is -1.59. The number of carbonyl (C=O) groups is 1. The Kier molecular flexibility index (Phi) is 5.59. The highest BCUT2D eigenvalue weighted by Gasteiger charge is 2.22. The van der Waals surface area contributed by atoms with Crippen molar-refractivity contribution in [3.05, 3.63) is 29.3 Å². The predicted octanol–water partition coefficient (Wildman–Crippen LogP) is 0.911. The number of hydrogen-bond donors (Lipinski definition) is 3. The molecule has 5 nitrogen and oxygen atoms in total. The Morgan fingerprint density at radius 1 is 1.38 bits per heavy atom. The molecule has 0 saturated carbocycles. The zero-order chi connectivity index (χ0) is 15.2. The minimum atomic E-state index is -0.638. The second kappa shape index (κ2) is 7.43. The molecular formula is C16H24N2O3. The molecule has 0 aromatic heterocycles. The van der Waals surface area contributed by atoms with Crippen molar-refractivity contribution in [3.63, 3.8) is 0 Å². The number of hydrogen-bond acceptors (Lipinski definition) is 4. The van der Waals surface area contributed by atoms with Crippen molar-refractivity contribution in [2.45, 2.75) is 38.8 Å². The Labute approximate surface area is 125 Å². The summed E-state index contributed by atoms with van der Waals surface area (Å²) in [4.78, 5) is 11.6. The summed E-state index contributed by atoms with van der Waals surface area (Å²) in [7, 11) is 0. The monoisotopic (exact) mass is 292 g/mol. The Bertz CT molecular complexity index is 470. The van der Waals surface area contributed by atoms with Gasteiger partial charge in [0.25, 0.3) is 0 Å². The lowest BCUT2D eigenvalue weighted by molar-refractivity contribution is -0.124. The lowest BCUT2D eigenvalue weighted by atomic mass is 10.1. The van der Waals surface area contributed by atoms with E-state index in [1.165, 1.54) is 0 Å². The van der Waals surface area contributed by atoms with Gasteiger partial charge in [-0.05, 0) is 49.9 Å². The number of aliphatic hydroxyl groups excluding tert-OH is 1. The highest BCUT2D eigenvalue weighted by atomic mass is 16.5. The molecule has 21 heavy (non-hydrogen) atoms. The Morgan fingerprint density at radius 2 is 2.10 bits per heavy atom. The first-order valence-electron chi connectivity index (χ1n) is 7.45. The van der Waals surface area contributed by atoms with Crippen molar-refractivity contribution in [2.24, 2.45) is 0 Å². The number of nitrogens with one attached hydrogen (secondary N) is 2. The normalized spacial score (nSPS) is 20.0. The lowest BCUT2D eigenvalue weighted by Crippen LogP contribution is -2.50. The molecule has 1 amide bonds. The minimum Gasteiger partial charge on any atom is -0.491 e. The van der Waals surface area contributed by atoms with E-state index in [-0.39, 0.29) is 18.6 Å². The maximum absolute atomic E-state index is 11.6. The fraction of sp³-hybridized carbons (Fsp3) is 0.562. The molecule has 5 heteroatoms. The second-order valence-electron chi connectivity index (χ2n) is 5.68. The Morgan fingerprint density at radius 3 is 2.76 bits per heavy atom. The topological polar surface area (TPSA) is 70.6 Å². The molecule has 0 bridgehead atoms. The molecule has 2 rings (SSSR count). The van der Waals surface area contributed by atoms with Crippen LogP contribution in [0, 0.1) is 13.8 Å². The molecule has 0 spiro atoms. The summed E-state index contributed by atoms with van der Waals surface area (Å²) in [5.41, 5.74) is 2.27. The first-order valence-corrected chi connectivity index (χ1v) is 7.45. The SMILES string of the molecule is Cc1cc(C)cc(OCC(O)CNC2CCCNC2=O)c1. The van der Waals surface area contributed by atoms with Crippen LogP contribution in [-0.4, -0.2) is 42.9 Å². The molecule has 1 saturated heterocycles. The number of benzene rings is 1. The van der Waals surface area contributed by atoms with Crippen molar-refractivity contribution in [3.8, 4) is 5.75 Å². The molecule has 3 N–H and O–H groups in total. The third-order valence-electron chi connectivity index (χ3n) is 3.52. The molecular weight excluding hydrogens is 268 g/mol. The zero-order valence-electron chi connectivity index (χ0n) is 12.7. The fourth-order valence-corrected chi connectivity index (χ4v) is 2.51. The summed E-state index contributed by atoms with van der Waals surface area (Å²) in [5, 5.41) is 15.8. The highest BCUT2D eigenvalue weighted by Crippen LogP contribution is 2.16. The average Bonchev–Trinajstić information content (AvgIpc) is 2.43. The van der Waals surface area contributed by atoms with Crippen molar-refractivity contribution < 1.29 is 14.6 Å². The van der Waals surface area contributed by atoms with Crippen LogP contribution < -0.4 is 15.4 Å². The standard InChI is InChI=1S/C16H24N2O3/c1-11-6-12(2)8-14(7-11)21-10-13(19)9-18-15-4-3-5-17-16(15)20/h6-8,13,15,18-19H,3-5,9-10H2,1-2H3,(H,17,20). The third-order valence-corrected chi connectivity index (χ3v) is 3.52. The first-order chi connectivity index (χ1) is 10.0. The van der Waals surface area contributed by atoms with E-state index in [1.54, 1.807) is 0 Å². The minimum absolute atomic E-state index is 0.0173. The van der Waals surface area contributed by atoms with Gasteiger partial charge in [0.1, 0.15) is 18.5 Å². The van der Waals surface area contributed by atoms with Gasteiger partial charge in [-0.2, -0.15) is 0 Å². The van der Waals surface area contributed by atoms with E-state index in [0.717, 1.165) is 36.3 Å². The number of carbonyl (C=O) groups excluding carboxylic acids is 1. The molecule has 116 valence electrons. The summed E-state index contributed by atoms with van der Waals surface area (Å²) in [5.74, 6) is 0.783. The second-order valence-corrected chi connectivity index (χ2v) is 5.68. The molecule has 1 aliphatic rings. The number of ether oxygens (including phenoxy) is 1. The Balaban J connectivity index is 1.74. The number of amides is 1. The largest absolute Gasteiger partial charge is 0.491 e. The van der Waals surface area contributed by atoms with Gasteiger partial charge in [-0.1, -0.05) is 6.07 Å². The lowest BCUT2D eigenvalue weighted by Gasteiger charge is -2.24. The molecule has 1 fully saturated rings. The van der Waals surface area contributed by atoms with E-state index in [2.05, 4.69) is 16.7 Å². The number of aryl methyl sites for hydroxylation is 2. The maximum atomic E-state index is 11.6. The average molecular weight is 292 g/mol. The quantitative estimate of drug-likeness (QED) is 0.729. The molecule has 1 aromatic carbocycles. The fourth-order valence-electron chi connectivity index (χ4n) is 2.51. The first kappa shape index (κ1) is 15.8. The van der Waals surface area contributed by atoms with E-state index in [0.29, 0.717) is 6.54 Å². The van der Waals surface area contributed by atoms with Gasteiger partial charge < -0.3 is 20.5 Å². The van der Waals surface area contributed by atoms with Crippen LogP contribution in [0.5, 0.6) is 5.75 Å². The zero-order valence-corrected chi connectivity index (χ0v) is 12.7. The van der Waals surface area contributed by atoms with Gasteiger partial charge in [-0.25, -0.2) is 0 Å². The molecule has 2 unspecified atom stereocenters. The van der Waals surface area contributed by atoms with Crippen molar-refractivity contribution in [1.29, 1.82) is 0 Å². The van der Waals surface area contributed by atoms with Crippen LogP contribution in [0.3, 0.4) is 0 Å². The van der Waals surface area contributed by atoms with Gasteiger partial charge in [0.05, 0.1) is 6.04 Å². The number of piperidine rings is 1. The van der Waals surface area contributed by atoms with Crippen LogP contribution >= 0.6 is 0 Å². The van der Waals surface area contributed by atoms with E-state index in [1.807, 2.05) is 26.0 Å². The summed E-state index contributed by atoms with van der Waals surface area (Å²) >= 11 is 0. The molecule has 1 heterocycles. The molecule has 0 aliphatic carbocycles. The molecule has 0 radical (unpaired) electrons. The van der Waals surface area contributed by atoms with Crippen LogP contribution in [0.1, 0.15) is 24.0 Å². The van der Waals surface area contributed by atoms with Crippen LogP contribution in [0.4, 0.5) is 0 Å². The summed E-state index contributed by atoms with van der Waals surface area (Å²) in [6, 6.07) is 5.77. The van der Waals surface area contributed by atoms with Gasteiger partial charge in [-0.3, -0.25) is 4.79 Å². The van der Waals surface area contributed by atoms with Crippen LogP contribution in [0.15, 0.2) is 18.2 Å². The van der Waals surface area contributed by atoms with E-state index < -0.39 is 6.10 Å². The van der Waals surface area contributed by atoms with Gasteiger partial charge in [-0.15, -0.1) is 0 Å².